The summed E-state index contributed by atoms with van der Waals surface area (Å²) >= 11 is 0. The van der Waals surface area contributed by atoms with Gasteiger partial charge in [-0.05, 0) is 49.7 Å². The molecule has 4 rings (SSSR count). The maximum Gasteiger partial charge on any atom is 0.243 e. The topological polar surface area (TPSA) is 92.5 Å². The van der Waals surface area contributed by atoms with E-state index in [-0.39, 0.29) is 29.7 Å². The number of nitrogens with two attached hydrogens (primary N) is 1. The Morgan fingerprint density at radius 3 is 2.74 bits per heavy atom. The zero-order valence-corrected chi connectivity index (χ0v) is 15.5. The Kier molecular flexibility index (Phi) is 5.00. The summed E-state index contributed by atoms with van der Waals surface area (Å²) in [6.45, 7) is 0. The van der Waals surface area contributed by atoms with Gasteiger partial charge in [0, 0.05) is 18.9 Å². The highest BCUT2D eigenvalue weighted by atomic mass is 16.2. The largest absolute Gasteiger partial charge is 0.347 e. The Balaban J connectivity index is 1.52. The molecule has 6 nitrogen and oxygen atoms in total. The predicted octanol–water partition coefficient (Wildman–Crippen LogP) is 1.62. The molecule has 144 valence electrons. The van der Waals surface area contributed by atoms with E-state index in [0.29, 0.717) is 32.1 Å². The highest BCUT2D eigenvalue weighted by molar-refractivity contribution is 5.92. The number of ketones is 1. The van der Waals surface area contributed by atoms with Crippen LogP contribution in [0.5, 0.6) is 0 Å². The minimum absolute atomic E-state index is 0.0123. The van der Waals surface area contributed by atoms with Gasteiger partial charge in [0.1, 0.15) is 11.8 Å². The van der Waals surface area contributed by atoms with Crippen LogP contribution in [0.2, 0.25) is 0 Å². The molecule has 6 heteroatoms. The van der Waals surface area contributed by atoms with Crippen molar-refractivity contribution in [2.45, 2.75) is 75.5 Å². The van der Waals surface area contributed by atoms with Gasteiger partial charge < -0.3 is 16.0 Å². The molecule has 2 aliphatic heterocycles. The van der Waals surface area contributed by atoms with Crippen molar-refractivity contribution in [2.24, 2.45) is 5.73 Å². The smallest absolute Gasteiger partial charge is 0.243 e. The van der Waals surface area contributed by atoms with E-state index in [2.05, 4.69) is 17.4 Å². The van der Waals surface area contributed by atoms with E-state index in [1.54, 1.807) is 4.90 Å². The first kappa shape index (κ1) is 18.2. The maximum absolute atomic E-state index is 13.1. The number of carbonyl (C=O) groups excluding carboxylic acids is 3. The number of nitrogens with zero attached hydrogens (tertiary/aromatic N) is 1. The van der Waals surface area contributed by atoms with E-state index < -0.39 is 12.1 Å². The average Bonchev–Trinajstić information content (AvgIpc) is 3.08. The van der Waals surface area contributed by atoms with Gasteiger partial charge in [0.25, 0.3) is 0 Å². The molecule has 27 heavy (non-hydrogen) atoms. The number of benzene rings is 1. The Hall–Kier alpha value is -2.21. The average molecular weight is 369 g/mol. The molecule has 1 aromatic rings. The highest BCUT2D eigenvalue weighted by Crippen LogP contribution is 2.33. The summed E-state index contributed by atoms with van der Waals surface area (Å²) < 4.78 is 0. The lowest BCUT2D eigenvalue weighted by atomic mass is 9.87. The van der Waals surface area contributed by atoms with Gasteiger partial charge >= 0.3 is 0 Å². The number of hydrogen-bond acceptors (Lipinski definition) is 4. The van der Waals surface area contributed by atoms with Crippen molar-refractivity contribution < 1.29 is 14.4 Å². The first-order valence-corrected chi connectivity index (χ1v) is 10.0. The molecule has 2 amide bonds. The van der Waals surface area contributed by atoms with Crippen LogP contribution >= 0.6 is 0 Å². The monoisotopic (exact) mass is 369 g/mol. The van der Waals surface area contributed by atoms with Crippen molar-refractivity contribution in [3.05, 3.63) is 35.4 Å². The van der Waals surface area contributed by atoms with E-state index in [1.165, 1.54) is 11.1 Å². The van der Waals surface area contributed by atoms with Crippen molar-refractivity contribution in [1.29, 1.82) is 0 Å². The summed E-state index contributed by atoms with van der Waals surface area (Å²) in [5, 5.41) is 3.17. The standard InChI is InChI=1S/C21H27N3O3/c22-17-10-9-15(25)12-14-8-11-19(24(14)21(17)27)20(26)23-18-7-3-5-13-4-1-2-6-16(13)18/h1-2,4,6,14,17-19H,3,5,7-12,22H2,(H,23,26)/t14-,17+,18-,19+/m1/s1. The van der Waals surface area contributed by atoms with Crippen LogP contribution in [0, 0.1) is 0 Å². The number of carbonyl (C=O) groups is 3. The van der Waals surface area contributed by atoms with Crippen LogP contribution in [-0.2, 0) is 20.8 Å². The molecule has 3 N–H and O–H groups in total. The molecule has 0 unspecified atom stereocenters. The van der Waals surface area contributed by atoms with Crippen molar-refractivity contribution in [1.82, 2.24) is 10.2 Å². The highest BCUT2D eigenvalue weighted by Gasteiger charge is 2.44. The first-order chi connectivity index (χ1) is 13.0. The first-order valence-electron chi connectivity index (χ1n) is 10.0. The lowest BCUT2D eigenvalue weighted by Crippen LogP contribution is -2.55. The SMILES string of the molecule is N[C@H]1CCC(=O)C[C@H]2CC[C@@H](C(=O)N[C@@H]3CCCc4ccccc43)N2C1=O. The second kappa shape index (κ2) is 7.43. The van der Waals surface area contributed by atoms with Crippen LogP contribution in [0.1, 0.15) is 62.1 Å². The van der Waals surface area contributed by atoms with Gasteiger partial charge in [-0.25, -0.2) is 0 Å². The molecular formula is C21H27N3O3. The van der Waals surface area contributed by atoms with Gasteiger partial charge in [0.05, 0.1) is 12.1 Å². The fourth-order valence-corrected chi connectivity index (χ4v) is 4.84. The zero-order valence-electron chi connectivity index (χ0n) is 15.5. The molecule has 4 atom stereocenters. The van der Waals surface area contributed by atoms with E-state index in [0.717, 1.165) is 19.3 Å². The van der Waals surface area contributed by atoms with Crippen molar-refractivity contribution in [3.63, 3.8) is 0 Å². The Morgan fingerprint density at radius 1 is 1.07 bits per heavy atom. The molecule has 1 aliphatic carbocycles. The number of fused-ring (bicyclic) bond motifs is 2. The number of Topliss-reactive ketones (excluding diaryl/α,β-unsaturated/α-hetero) is 1. The third-order valence-corrected chi connectivity index (χ3v) is 6.26. The van der Waals surface area contributed by atoms with Gasteiger partial charge in [0.2, 0.25) is 11.8 Å². The molecule has 0 aromatic heterocycles. The quantitative estimate of drug-likeness (QED) is 0.828. The number of aryl methyl sites for hydroxylation is 1. The van der Waals surface area contributed by atoms with Crippen LogP contribution in [0.4, 0.5) is 0 Å². The van der Waals surface area contributed by atoms with Crippen LogP contribution < -0.4 is 11.1 Å². The Labute approximate surface area is 159 Å². The summed E-state index contributed by atoms with van der Waals surface area (Å²) in [5.74, 6) is -0.169. The number of amides is 2. The van der Waals surface area contributed by atoms with E-state index in [9.17, 15) is 14.4 Å². The Bertz CT molecular complexity index is 763. The minimum atomic E-state index is -0.694. The van der Waals surface area contributed by atoms with Crippen molar-refractivity contribution >= 4 is 17.6 Å². The van der Waals surface area contributed by atoms with Gasteiger partial charge in [-0.2, -0.15) is 0 Å². The fourth-order valence-electron chi connectivity index (χ4n) is 4.84. The molecule has 0 saturated carbocycles. The number of hydrogen-bond donors (Lipinski definition) is 2. The summed E-state index contributed by atoms with van der Waals surface area (Å²) in [4.78, 5) is 39.6. The third kappa shape index (κ3) is 3.50. The molecule has 0 spiro atoms. The second-order valence-electron chi connectivity index (χ2n) is 8.03. The predicted molar refractivity (Wildman–Crippen MR) is 101 cm³/mol. The van der Waals surface area contributed by atoms with Crippen molar-refractivity contribution in [2.75, 3.05) is 0 Å². The lowest BCUT2D eigenvalue weighted by Gasteiger charge is -2.34. The van der Waals surface area contributed by atoms with E-state index in [4.69, 9.17) is 5.73 Å². The normalized spacial score (nSPS) is 30.9. The summed E-state index contributed by atoms with van der Waals surface area (Å²) in [7, 11) is 0. The molecular weight excluding hydrogens is 342 g/mol. The fraction of sp³-hybridized carbons (Fsp3) is 0.571. The lowest BCUT2D eigenvalue weighted by molar-refractivity contribution is -0.143. The summed E-state index contributed by atoms with van der Waals surface area (Å²) in [6, 6.07) is 6.81. The van der Waals surface area contributed by atoms with E-state index in [1.807, 2.05) is 12.1 Å². The number of rotatable bonds is 2. The molecule has 2 saturated heterocycles. The van der Waals surface area contributed by atoms with Gasteiger partial charge in [-0.1, -0.05) is 24.3 Å². The summed E-state index contributed by atoms with van der Waals surface area (Å²) in [5.41, 5.74) is 8.46. The van der Waals surface area contributed by atoms with Crippen LogP contribution in [0.25, 0.3) is 0 Å². The molecule has 0 radical (unpaired) electrons. The number of nitrogens with one attached hydrogen (secondary N) is 1. The van der Waals surface area contributed by atoms with Crippen LogP contribution in [0.15, 0.2) is 24.3 Å². The Morgan fingerprint density at radius 2 is 1.89 bits per heavy atom. The van der Waals surface area contributed by atoms with Crippen LogP contribution in [-0.4, -0.2) is 40.6 Å². The van der Waals surface area contributed by atoms with Gasteiger partial charge in [0.15, 0.2) is 0 Å². The summed E-state index contributed by atoms with van der Waals surface area (Å²) in [6.07, 6.45) is 5.32. The molecule has 0 bridgehead atoms. The third-order valence-electron chi connectivity index (χ3n) is 6.26. The van der Waals surface area contributed by atoms with Gasteiger partial charge in [-0.3, -0.25) is 14.4 Å². The molecule has 2 fully saturated rings. The van der Waals surface area contributed by atoms with E-state index >= 15 is 0 Å². The maximum atomic E-state index is 13.1. The minimum Gasteiger partial charge on any atom is -0.347 e. The van der Waals surface area contributed by atoms with Crippen LogP contribution in [0.3, 0.4) is 0 Å². The van der Waals surface area contributed by atoms with Gasteiger partial charge in [-0.15, -0.1) is 0 Å². The second-order valence-corrected chi connectivity index (χ2v) is 8.03. The molecule has 2 heterocycles. The molecule has 3 aliphatic rings. The van der Waals surface area contributed by atoms with Crippen molar-refractivity contribution in [3.8, 4) is 0 Å². The molecule has 1 aromatic carbocycles. The zero-order chi connectivity index (χ0) is 19.0.